The van der Waals surface area contributed by atoms with Crippen molar-refractivity contribution in [2.45, 2.75) is 111 Å². The number of likely N-dealkylation sites (tertiary alicyclic amines) is 1. The van der Waals surface area contributed by atoms with Gasteiger partial charge in [0, 0.05) is 32.1 Å². The highest BCUT2D eigenvalue weighted by Gasteiger charge is 2.60. The molecule has 4 nitrogen and oxygen atoms in total. The fourth-order valence-electron chi connectivity index (χ4n) is 10.3. The number of rotatable bonds is 5. The summed E-state index contributed by atoms with van der Waals surface area (Å²) in [5, 5.41) is 11.4. The number of nitrogens with zero attached hydrogens (tertiary/aromatic N) is 2. The Balaban J connectivity index is 1.41. The number of carbonyl (C=O) groups is 1. The Morgan fingerprint density at radius 3 is 2.61 bits per heavy atom. The van der Waals surface area contributed by atoms with E-state index in [9.17, 15) is 9.90 Å². The van der Waals surface area contributed by atoms with Gasteiger partial charge in [0.2, 0.25) is 0 Å². The van der Waals surface area contributed by atoms with Crippen molar-refractivity contribution in [2.75, 3.05) is 33.7 Å². The van der Waals surface area contributed by atoms with Crippen LogP contribution in [-0.4, -0.2) is 66.6 Å². The first-order valence-corrected chi connectivity index (χ1v) is 15.8. The Morgan fingerprint density at radius 2 is 1.89 bits per heavy atom. The summed E-state index contributed by atoms with van der Waals surface area (Å²) in [6.45, 7) is 18.1. The second kappa shape index (κ2) is 10.1. The van der Waals surface area contributed by atoms with Gasteiger partial charge in [-0.2, -0.15) is 0 Å². The van der Waals surface area contributed by atoms with Gasteiger partial charge >= 0.3 is 0 Å². The molecule has 5 rings (SSSR count). The Hall–Kier alpha value is -0.970. The van der Waals surface area contributed by atoms with E-state index < -0.39 is 0 Å². The molecule has 1 saturated heterocycles. The Labute approximate surface area is 233 Å². The van der Waals surface area contributed by atoms with Crippen LogP contribution >= 0.6 is 0 Å². The summed E-state index contributed by atoms with van der Waals surface area (Å²) >= 11 is 0. The van der Waals surface area contributed by atoms with E-state index in [4.69, 9.17) is 0 Å². The quantitative estimate of drug-likeness (QED) is 0.417. The van der Waals surface area contributed by atoms with Crippen LogP contribution in [0.3, 0.4) is 0 Å². The molecule has 0 aromatic rings. The Morgan fingerprint density at radius 1 is 1.16 bits per heavy atom. The maximum atomic E-state index is 12.3. The van der Waals surface area contributed by atoms with Gasteiger partial charge in [0.1, 0.15) is 0 Å². The second-order valence-electron chi connectivity index (χ2n) is 15.5. The van der Waals surface area contributed by atoms with Crippen molar-refractivity contribution in [2.24, 2.45) is 39.9 Å². The first kappa shape index (κ1) is 28.6. The normalized spacial score (nSPS) is 44.8. The van der Waals surface area contributed by atoms with Crippen LogP contribution in [0.2, 0.25) is 0 Å². The highest BCUT2D eigenvalue weighted by atomic mass is 16.3. The van der Waals surface area contributed by atoms with Crippen LogP contribution in [0.1, 0.15) is 99.3 Å². The predicted octanol–water partition coefficient (Wildman–Crippen LogP) is 6.49. The molecule has 4 heteroatoms. The van der Waals surface area contributed by atoms with Gasteiger partial charge in [0.25, 0.3) is 0 Å². The van der Waals surface area contributed by atoms with Crippen molar-refractivity contribution < 1.29 is 9.90 Å². The number of ketones is 1. The third-order valence-corrected chi connectivity index (χ3v) is 12.8. The van der Waals surface area contributed by atoms with Crippen molar-refractivity contribution >= 4 is 5.78 Å². The number of piperidine rings is 1. The molecule has 3 fully saturated rings. The smallest absolute Gasteiger partial charge is 0.155 e. The third-order valence-electron chi connectivity index (χ3n) is 12.8. The largest absolute Gasteiger partial charge is 0.391 e. The highest BCUT2D eigenvalue weighted by Crippen LogP contribution is 2.69. The number of aliphatic hydroxyl groups excluding tert-OH is 1. The number of likely N-dealkylation sites (N-methyl/N-ethyl adjacent to an activating group) is 1. The number of allylic oxidation sites excluding steroid dienone is 4. The highest BCUT2D eigenvalue weighted by molar-refractivity contribution is 5.91. The van der Waals surface area contributed by atoms with Gasteiger partial charge in [-0.1, -0.05) is 51.3 Å². The average Bonchev–Trinajstić information content (AvgIpc) is 3.07. The minimum absolute atomic E-state index is 0.201. The summed E-state index contributed by atoms with van der Waals surface area (Å²) in [5.41, 5.74) is 5.63. The molecule has 4 aliphatic carbocycles. The van der Waals surface area contributed by atoms with E-state index in [-0.39, 0.29) is 23.0 Å². The SMILES string of the molecule is CC1=C2C[C@H]3[C@@](C)(CCC4=CC(=O)CC[C@@]43C)[C@@H]2CC[C@@](C)([C@H](C)[C@H]2[C@H](O)C[C@H](C)CN2CCN(C)C)C1. The molecule has 0 radical (unpaired) electrons. The van der Waals surface area contributed by atoms with Gasteiger partial charge in [0.15, 0.2) is 5.78 Å². The fraction of sp³-hybridized carbons (Fsp3) is 0.853. The van der Waals surface area contributed by atoms with Gasteiger partial charge in [0.05, 0.1) is 6.10 Å². The van der Waals surface area contributed by atoms with E-state index in [1.165, 1.54) is 37.7 Å². The second-order valence-corrected chi connectivity index (χ2v) is 15.5. The topological polar surface area (TPSA) is 43.8 Å². The molecule has 38 heavy (non-hydrogen) atoms. The molecule has 9 atom stereocenters. The summed E-state index contributed by atoms with van der Waals surface area (Å²) < 4.78 is 0. The minimum Gasteiger partial charge on any atom is -0.391 e. The van der Waals surface area contributed by atoms with E-state index in [2.05, 4.69) is 65.4 Å². The zero-order valence-electron chi connectivity index (χ0n) is 25.8. The number of hydrogen-bond donors (Lipinski definition) is 1. The summed E-state index contributed by atoms with van der Waals surface area (Å²) in [6, 6.07) is 0.247. The van der Waals surface area contributed by atoms with Crippen LogP contribution in [0.5, 0.6) is 0 Å². The molecule has 1 aliphatic heterocycles. The first-order chi connectivity index (χ1) is 17.8. The molecular weight excluding hydrogens is 468 g/mol. The van der Waals surface area contributed by atoms with Gasteiger partial charge in [-0.15, -0.1) is 0 Å². The molecular formula is C34H56N2O2. The van der Waals surface area contributed by atoms with Crippen molar-refractivity contribution in [1.29, 1.82) is 0 Å². The molecule has 0 bridgehead atoms. The lowest BCUT2D eigenvalue weighted by Crippen LogP contribution is -2.58. The van der Waals surface area contributed by atoms with Crippen LogP contribution in [0.15, 0.2) is 22.8 Å². The zero-order chi connectivity index (χ0) is 27.6. The predicted molar refractivity (Wildman–Crippen MR) is 157 cm³/mol. The summed E-state index contributed by atoms with van der Waals surface area (Å²) in [5.74, 6) is 2.71. The van der Waals surface area contributed by atoms with Crippen LogP contribution in [-0.2, 0) is 4.79 Å². The van der Waals surface area contributed by atoms with Gasteiger partial charge in [-0.25, -0.2) is 0 Å². The summed E-state index contributed by atoms with van der Waals surface area (Å²) in [7, 11) is 4.32. The fourth-order valence-corrected chi connectivity index (χ4v) is 10.3. The maximum Gasteiger partial charge on any atom is 0.155 e. The van der Waals surface area contributed by atoms with Crippen molar-refractivity contribution in [3.05, 3.63) is 22.8 Å². The van der Waals surface area contributed by atoms with E-state index in [1.54, 1.807) is 11.1 Å². The molecule has 1 heterocycles. The Bertz CT molecular complexity index is 998. The number of aliphatic hydroxyl groups is 1. The van der Waals surface area contributed by atoms with Crippen LogP contribution in [0.4, 0.5) is 0 Å². The van der Waals surface area contributed by atoms with Gasteiger partial charge in [-0.3, -0.25) is 9.69 Å². The summed E-state index contributed by atoms with van der Waals surface area (Å²) in [4.78, 5) is 17.2. The van der Waals surface area contributed by atoms with Crippen LogP contribution in [0, 0.1) is 39.9 Å². The maximum absolute atomic E-state index is 12.3. The molecule has 0 amide bonds. The monoisotopic (exact) mass is 524 g/mol. The lowest BCUT2D eigenvalue weighted by molar-refractivity contribution is -0.116. The van der Waals surface area contributed by atoms with Crippen molar-refractivity contribution in [3.8, 4) is 0 Å². The van der Waals surface area contributed by atoms with E-state index in [0.717, 1.165) is 45.3 Å². The average molecular weight is 525 g/mol. The van der Waals surface area contributed by atoms with Crippen molar-refractivity contribution in [1.82, 2.24) is 9.80 Å². The molecule has 0 unspecified atom stereocenters. The lowest BCUT2D eigenvalue weighted by atomic mass is 9.50. The molecule has 1 N–H and O–H groups in total. The molecule has 0 spiro atoms. The van der Waals surface area contributed by atoms with Crippen LogP contribution < -0.4 is 0 Å². The third kappa shape index (κ3) is 4.69. The lowest BCUT2D eigenvalue weighted by Gasteiger charge is -2.54. The first-order valence-electron chi connectivity index (χ1n) is 15.8. The molecule has 0 aromatic carbocycles. The zero-order valence-corrected chi connectivity index (χ0v) is 25.8. The molecule has 5 aliphatic rings. The van der Waals surface area contributed by atoms with E-state index in [1.807, 2.05) is 6.08 Å². The standard InChI is InChI=1S/C34H56N2O2/c1-22-17-29(38)31(36(21-22)16-15-35(7)8)24(3)32(4)12-11-28-27(23(2)20-32)19-30-33(5)14-10-26(37)18-25(33)9-13-34(28,30)6/h18,22,24,28-31,38H,9-17,19-21H2,1-8H3/t22-,24+,28+,29+,30+,31-,32+,33-,34-/m0/s1. The minimum atomic E-state index is -0.233. The van der Waals surface area contributed by atoms with Crippen LogP contribution in [0.25, 0.3) is 0 Å². The number of carbonyl (C=O) groups excluding carboxylic acids is 1. The number of hydrogen-bond acceptors (Lipinski definition) is 4. The molecule has 0 aromatic heterocycles. The molecule has 214 valence electrons. The number of fused-ring (bicyclic) bond motifs is 5. The van der Waals surface area contributed by atoms with E-state index in [0.29, 0.717) is 34.9 Å². The Kier molecular flexibility index (Phi) is 7.62. The van der Waals surface area contributed by atoms with Gasteiger partial charge in [-0.05, 0) is 118 Å². The molecule has 2 saturated carbocycles. The van der Waals surface area contributed by atoms with E-state index >= 15 is 0 Å². The van der Waals surface area contributed by atoms with Gasteiger partial charge < -0.3 is 10.0 Å². The summed E-state index contributed by atoms with van der Waals surface area (Å²) in [6.07, 6.45) is 11.8. The van der Waals surface area contributed by atoms with Crippen molar-refractivity contribution in [3.63, 3.8) is 0 Å².